The van der Waals surface area contributed by atoms with Crippen molar-refractivity contribution in [3.8, 4) is 5.75 Å². The van der Waals surface area contributed by atoms with Gasteiger partial charge in [0, 0.05) is 6.42 Å². The summed E-state index contributed by atoms with van der Waals surface area (Å²) in [5, 5.41) is 2.30. The van der Waals surface area contributed by atoms with Crippen LogP contribution in [0.15, 0.2) is 42.5 Å². The molecule has 0 aliphatic carbocycles. The number of rotatable bonds is 7. The highest BCUT2D eigenvalue weighted by Crippen LogP contribution is 2.36. The Labute approximate surface area is 179 Å². The highest BCUT2D eigenvalue weighted by atomic mass is 19.4. The van der Waals surface area contributed by atoms with Gasteiger partial charge < -0.3 is 14.8 Å². The Bertz CT molecular complexity index is 939. The first-order chi connectivity index (χ1) is 14.8. The van der Waals surface area contributed by atoms with Crippen LogP contribution in [0.25, 0.3) is 0 Å². The van der Waals surface area contributed by atoms with E-state index in [-0.39, 0.29) is 12.5 Å². The van der Waals surface area contributed by atoms with Gasteiger partial charge in [0.2, 0.25) is 5.91 Å². The standard InChI is InChI=1S/C21H19F6NO4/c1-31-17-6-4-3-5-13(17)10-16(19(30)32-2)28-18(29)9-12-7-14(20(22,23)24)11-15(8-12)21(25,26)27/h3-8,11,16H,9-10H2,1-2H3,(H,28,29)/t16-/m0/s1. The van der Waals surface area contributed by atoms with Gasteiger partial charge in [-0.1, -0.05) is 18.2 Å². The molecule has 174 valence electrons. The van der Waals surface area contributed by atoms with Crippen molar-refractivity contribution < 1.29 is 45.4 Å². The first-order valence-electron chi connectivity index (χ1n) is 9.12. The largest absolute Gasteiger partial charge is 0.496 e. The van der Waals surface area contributed by atoms with Crippen molar-refractivity contribution in [3.63, 3.8) is 0 Å². The summed E-state index contributed by atoms with van der Waals surface area (Å²) < 4.78 is 87.9. The smallest absolute Gasteiger partial charge is 0.416 e. The number of benzene rings is 2. The Kier molecular flexibility index (Phi) is 7.76. The highest BCUT2D eigenvalue weighted by molar-refractivity contribution is 5.86. The van der Waals surface area contributed by atoms with Crippen molar-refractivity contribution >= 4 is 11.9 Å². The molecule has 0 aliphatic rings. The molecule has 1 N–H and O–H groups in total. The normalized spacial score (nSPS) is 12.8. The van der Waals surface area contributed by atoms with Crippen LogP contribution in [0.5, 0.6) is 5.75 Å². The summed E-state index contributed by atoms with van der Waals surface area (Å²) in [6.45, 7) is 0. The Hall–Kier alpha value is -3.24. The van der Waals surface area contributed by atoms with Gasteiger partial charge in [-0.25, -0.2) is 4.79 Å². The van der Waals surface area contributed by atoms with Gasteiger partial charge in [0.05, 0.1) is 31.8 Å². The van der Waals surface area contributed by atoms with E-state index in [1.54, 1.807) is 24.3 Å². The van der Waals surface area contributed by atoms with E-state index in [0.29, 0.717) is 23.4 Å². The van der Waals surface area contributed by atoms with Crippen molar-refractivity contribution in [3.05, 3.63) is 64.7 Å². The molecule has 0 bridgehead atoms. The molecule has 0 saturated carbocycles. The van der Waals surface area contributed by atoms with Crippen LogP contribution in [-0.4, -0.2) is 32.1 Å². The summed E-state index contributed by atoms with van der Waals surface area (Å²) in [5.74, 6) is -1.38. The first kappa shape index (κ1) is 25.0. The van der Waals surface area contributed by atoms with Crippen LogP contribution < -0.4 is 10.1 Å². The third-order valence-electron chi connectivity index (χ3n) is 4.45. The number of methoxy groups -OCH3 is 2. The molecule has 2 rings (SSSR count). The average Bonchev–Trinajstić information content (AvgIpc) is 2.71. The number of carbonyl (C=O) groups excluding carboxylic acids is 2. The lowest BCUT2D eigenvalue weighted by Gasteiger charge is -2.19. The second-order valence-corrected chi connectivity index (χ2v) is 6.75. The summed E-state index contributed by atoms with van der Waals surface area (Å²) in [6, 6.07) is 6.24. The van der Waals surface area contributed by atoms with Gasteiger partial charge in [0.25, 0.3) is 0 Å². The van der Waals surface area contributed by atoms with Gasteiger partial charge >= 0.3 is 18.3 Å². The number of esters is 1. The van der Waals surface area contributed by atoms with Crippen LogP contribution in [-0.2, 0) is 39.5 Å². The summed E-state index contributed by atoms with van der Waals surface area (Å²) in [4.78, 5) is 24.5. The number of carbonyl (C=O) groups is 2. The van der Waals surface area contributed by atoms with E-state index in [1.807, 2.05) is 0 Å². The third kappa shape index (κ3) is 6.63. The summed E-state index contributed by atoms with van der Waals surface area (Å²) >= 11 is 0. The lowest BCUT2D eigenvalue weighted by atomic mass is 10.0. The molecule has 5 nitrogen and oxygen atoms in total. The Morgan fingerprint density at radius 3 is 2.00 bits per heavy atom. The van der Waals surface area contributed by atoms with Crippen molar-refractivity contribution in [2.45, 2.75) is 31.2 Å². The van der Waals surface area contributed by atoms with Crippen molar-refractivity contribution in [1.82, 2.24) is 5.32 Å². The van der Waals surface area contributed by atoms with Crippen LogP contribution in [0.2, 0.25) is 0 Å². The van der Waals surface area contributed by atoms with E-state index in [4.69, 9.17) is 4.74 Å². The zero-order valence-corrected chi connectivity index (χ0v) is 16.9. The Morgan fingerprint density at radius 1 is 0.938 bits per heavy atom. The average molecular weight is 463 g/mol. The lowest BCUT2D eigenvalue weighted by molar-refractivity contribution is -0.145. The second kappa shape index (κ2) is 9.92. The van der Waals surface area contributed by atoms with E-state index < -0.39 is 53.4 Å². The lowest BCUT2D eigenvalue weighted by Crippen LogP contribution is -2.43. The highest BCUT2D eigenvalue weighted by Gasteiger charge is 2.37. The molecule has 0 fully saturated rings. The van der Waals surface area contributed by atoms with Gasteiger partial charge in [-0.15, -0.1) is 0 Å². The van der Waals surface area contributed by atoms with Gasteiger partial charge in [-0.2, -0.15) is 26.3 Å². The third-order valence-corrected chi connectivity index (χ3v) is 4.45. The zero-order chi connectivity index (χ0) is 24.1. The molecule has 2 aromatic carbocycles. The monoisotopic (exact) mass is 463 g/mol. The maximum atomic E-state index is 13.0. The number of hydrogen-bond donors (Lipinski definition) is 1. The fourth-order valence-electron chi connectivity index (χ4n) is 2.98. The van der Waals surface area contributed by atoms with Crippen molar-refractivity contribution in [1.29, 1.82) is 0 Å². The zero-order valence-electron chi connectivity index (χ0n) is 16.9. The molecule has 0 aliphatic heterocycles. The molecular weight excluding hydrogens is 444 g/mol. The van der Waals surface area contributed by atoms with Crippen LogP contribution in [0.3, 0.4) is 0 Å². The number of amides is 1. The predicted molar refractivity (Wildman–Crippen MR) is 101 cm³/mol. The molecule has 0 saturated heterocycles. The van der Waals surface area contributed by atoms with E-state index in [0.717, 1.165) is 7.11 Å². The molecular formula is C21H19F6NO4. The number of alkyl halides is 6. The molecule has 2 aromatic rings. The van der Waals surface area contributed by atoms with E-state index >= 15 is 0 Å². The van der Waals surface area contributed by atoms with Gasteiger partial charge in [-0.05, 0) is 35.4 Å². The Balaban J connectivity index is 2.27. The predicted octanol–water partition coefficient (Wildman–Crippen LogP) is 4.18. The van der Waals surface area contributed by atoms with Crippen LogP contribution in [0.1, 0.15) is 22.3 Å². The SMILES string of the molecule is COC(=O)[C@H](Cc1ccccc1OC)NC(=O)Cc1cc(C(F)(F)F)cc(C(F)(F)F)c1. The molecule has 1 amide bonds. The van der Waals surface area contributed by atoms with Crippen LogP contribution in [0, 0.1) is 0 Å². The molecule has 0 aromatic heterocycles. The van der Waals surface area contributed by atoms with Crippen LogP contribution >= 0.6 is 0 Å². The maximum Gasteiger partial charge on any atom is 0.416 e. The number of nitrogens with one attached hydrogen (secondary N) is 1. The topological polar surface area (TPSA) is 64.6 Å². The number of hydrogen-bond acceptors (Lipinski definition) is 4. The van der Waals surface area contributed by atoms with Crippen molar-refractivity contribution in [2.24, 2.45) is 0 Å². The minimum Gasteiger partial charge on any atom is -0.496 e. The number of para-hydroxylation sites is 1. The van der Waals surface area contributed by atoms with Crippen LogP contribution in [0.4, 0.5) is 26.3 Å². The molecule has 1 atom stereocenters. The van der Waals surface area contributed by atoms with Gasteiger partial charge in [0.15, 0.2) is 0 Å². The van der Waals surface area contributed by atoms with Gasteiger partial charge in [-0.3, -0.25) is 4.79 Å². The first-order valence-corrected chi connectivity index (χ1v) is 9.12. The summed E-state index contributed by atoms with van der Waals surface area (Å²) in [6.07, 6.45) is -11.0. The Morgan fingerprint density at radius 2 is 1.50 bits per heavy atom. The molecule has 0 unspecified atom stereocenters. The molecule has 11 heteroatoms. The summed E-state index contributed by atoms with van der Waals surface area (Å²) in [7, 11) is 2.47. The molecule has 0 heterocycles. The fourth-order valence-corrected chi connectivity index (χ4v) is 2.98. The number of ether oxygens (including phenoxy) is 2. The fraction of sp³-hybridized carbons (Fsp3) is 0.333. The number of halogens is 6. The minimum absolute atomic E-state index is 0.0274. The van der Waals surface area contributed by atoms with E-state index in [9.17, 15) is 35.9 Å². The summed E-state index contributed by atoms with van der Waals surface area (Å²) in [5.41, 5.74) is -3.04. The molecule has 32 heavy (non-hydrogen) atoms. The van der Waals surface area contributed by atoms with E-state index in [2.05, 4.69) is 10.1 Å². The van der Waals surface area contributed by atoms with Gasteiger partial charge in [0.1, 0.15) is 11.8 Å². The minimum atomic E-state index is -5.04. The quantitative estimate of drug-likeness (QED) is 0.495. The molecule has 0 radical (unpaired) electrons. The van der Waals surface area contributed by atoms with Crippen molar-refractivity contribution in [2.75, 3.05) is 14.2 Å². The second-order valence-electron chi connectivity index (χ2n) is 6.75. The van der Waals surface area contributed by atoms with E-state index in [1.165, 1.54) is 7.11 Å². The molecule has 0 spiro atoms. The maximum absolute atomic E-state index is 13.0.